The first-order valence-electron chi connectivity index (χ1n) is 5.81. The molecule has 0 aromatic heterocycles. The van der Waals surface area contributed by atoms with Crippen molar-refractivity contribution in [3.05, 3.63) is 29.8 Å². The number of benzene rings is 1. The molecule has 0 heterocycles. The Hall–Kier alpha value is -2.00. The fourth-order valence-corrected chi connectivity index (χ4v) is 2.25. The zero-order valence-corrected chi connectivity index (χ0v) is 11.9. The average Bonchev–Trinajstić information content (AvgIpc) is 2.43. The van der Waals surface area contributed by atoms with Gasteiger partial charge in [0, 0.05) is 6.26 Å². The number of sulfone groups is 1. The molecule has 0 aliphatic carbocycles. The van der Waals surface area contributed by atoms with E-state index in [0.717, 1.165) is 6.26 Å². The van der Waals surface area contributed by atoms with Gasteiger partial charge in [0.1, 0.15) is 19.0 Å². The van der Waals surface area contributed by atoms with E-state index in [2.05, 4.69) is 10.5 Å². The van der Waals surface area contributed by atoms with Gasteiger partial charge in [0.25, 0.3) is 5.91 Å². The molecule has 3 N–H and O–H groups in total. The maximum absolute atomic E-state index is 12.9. The van der Waals surface area contributed by atoms with Crippen molar-refractivity contribution >= 4 is 22.0 Å². The number of carbonyl (C=O) groups excluding carboxylic acids is 1. The number of nitrogens with zero attached hydrogens (tertiary/aromatic N) is 1. The third-order valence-electron chi connectivity index (χ3n) is 2.70. The molecule has 2 atom stereocenters. The summed E-state index contributed by atoms with van der Waals surface area (Å²) < 4.78 is 35.5. The van der Waals surface area contributed by atoms with Gasteiger partial charge in [0.2, 0.25) is 0 Å². The molecule has 0 bridgehead atoms. The predicted octanol–water partition coefficient (Wildman–Crippen LogP) is 0.0378. The van der Waals surface area contributed by atoms with Crippen molar-refractivity contribution < 1.29 is 27.9 Å². The summed E-state index contributed by atoms with van der Waals surface area (Å²) in [7, 11) is -3.37. The number of alkyl halides is 1. The van der Waals surface area contributed by atoms with Crippen molar-refractivity contribution in [3.63, 3.8) is 0 Å². The lowest BCUT2D eigenvalue weighted by Crippen LogP contribution is -2.41. The van der Waals surface area contributed by atoms with Gasteiger partial charge >= 0.3 is 0 Å². The molecule has 9 heteroatoms. The Balaban J connectivity index is 2.90. The second-order valence-corrected chi connectivity index (χ2v) is 6.32. The molecule has 0 unspecified atom stereocenters. The number of oxime groups is 1. The lowest BCUT2D eigenvalue weighted by Gasteiger charge is -2.21. The van der Waals surface area contributed by atoms with Gasteiger partial charge in [-0.15, -0.1) is 0 Å². The van der Waals surface area contributed by atoms with Crippen LogP contribution in [0, 0.1) is 0 Å². The topological polar surface area (TPSA) is 116 Å². The van der Waals surface area contributed by atoms with Gasteiger partial charge in [-0.3, -0.25) is 4.79 Å². The second kappa shape index (κ2) is 7.14. The third kappa shape index (κ3) is 4.80. The summed E-state index contributed by atoms with van der Waals surface area (Å²) in [5.41, 5.74) is 0.242. The van der Waals surface area contributed by atoms with Crippen LogP contribution in [0.4, 0.5) is 4.39 Å². The fraction of sp³-hybridized carbons (Fsp3) is 0.333. The van der Waals surface area contributed by atoms with E-state index in [9.17, 15) is 22.7 Å². The molecule has 0 saturated heterocycles. The molecule has 0 radical (unpaired) electrons. The number of carbonyl (C=O) groups is 1. The normalized spacial score (nSPS) is 14.8. The van der Waals surface area contributed by atoms with E-state index >= 15 is 0 Å². The van der Waals surface area contributed by atoms with E-state index in [1.807, 2.05) is 0 Å². The zero-order chi connectivity index (χ0) is 16.0. The minimum atomic E-state index is -3.37. The molecule has 0 fully saturated rings. The monoisotopic (exact) mass is 318 g/mol. The molecule has 1 aromatic carbocycles. The molecule has 0 spiro atoms. The zero-order valence-electron chi connectivity index (χ0n) is 11.1. The predicted molar refractivity (Wildman–Crippen MR) is 72.7 cm³/mol. The molecule has 116 valence electrons. The molecule has 1 aromatic rings. The van der Waals surface area contributed by atoms with Crippen LogP contribution < -0.4 is 5.32 Å². The minimum absolute atomic E-state index is 0.0618. The number of halogens is 1. The summed E-state index contributed by atoms with van der Waals surface area (Å²) in [6.07, 6.45) is 0.194. The molecule has 1 rings (SSSR count). The highest BCUT2D eigenvalue weighted by molar-refractivity contribution is 7.90. The van der Waals surface area contributed by atoms with Crippen molar-refractivity contribution in [1.82, 2.24) is 5.32 Å². The SMILES string of the molecule is CS(=O)(=O)c1ccc([C@@H](O)[C@@H](CF)NC(=O)C=NO)cc1. The van der Waals surface area contributed by atoms with E-state index in [4.69, 9.17) is 5.21 Å². The van der Waals surface area contributed by atoms with Gasteiger partial charge in [-0.1, -0.05) is 17.3 Å². The van der Waals surface area contributed by atoms with Crippen molar-refractivity contribution in [2.45, 2.75) is 17.0 Å². The highest BCUT2D eigenvalue weighted by Crippen LogP contribution is 2.19. The number of hydrogen-bond acceptors (Lipinski definition) is 6. The summed E-state index contributed by atoms with van der Waals surface area (Å²) in [5, 5.41) is 22.8. The average molecular weight is 318 g/mol. The maximum atomic E-state index is 12.9. The highest BCUT2D eigenvalue weighted by atomic mass is 32.2. The van der Waals surface area contributed by atoms with Crippen LogP contribution in [0.5, 0.6) is 0 Å². The Kier molecular flexibility index (Phi) is 5.79. The van der Waals surface area contributed by atoms with Crippen LogP contribution in [-0.2, 0) is 14.6 Å². The van der Waals surface area contributed by atoms with Crippen molar-refractivity contribution in [2.24, 2.45) is 5.16 Å². The highest BCUT2D eigenvalue weighted by Gasteiger charge is 2.22. The molecule has 21 heavy (non-hydrogen) atoms. The first-order valence-corrected chi connectivity index (χ1v) is 7.70. The standard InChI is InChI=1S/C12H15FN2O5S/c1-21(19,20)9-4-2-8(3-5-9)12(17)10(6-13)15-11(16)7-14-18/h2-5,7,10,12,17-18H,6H2,1H3,(H,15,16)/t10-,12-/m1/s1. The van der Waals surface area contributed by atoms with Crippen molar-refractivity contribution in [1.29, 1.82) is 0 Å². The second-order valence-electron chi connectivity index (χ2n) is 4.30. The third-order valence-corrected chi connectivity index (χ3v) is 3.83. The molecular formula is C12H15FN2O5S. The summed E-state index contributed by atoms with van der Waals surface area (Å²) in [6.45, 7) is -1.06. The largest absolute Gasteiger partial charge is 0.411 e. The molecule has 7 nitrogen and oxygen atoms in total. The molecule has 0 saturated carbocycles. The first kappa shape index (κ1) is 17.1. The lowest BCUT2D eigenvalue weighted by molar-refractivity contribution is -0.116. The Labute approximate surface area is 121 Å². The van der Waals surface area contributed by atoms with Crippen molar-refractivity contribution in [3.8, 4) is 0 Å². The summed E-state index contributed by atoms with van der Waals surface area (Å²) in [6, 6.07) is 3.96. The number of aliphatic hydroxyl groups is 1. The Morgan fingerprint density at radius 2 is 2.00 bits per heavy atom. The molecular weight excluding hydrogens is 303 g/mol. The molecule has 0 aliphatic rings. The van der Waals surface area contributed by atoms with Crippen LogP contribution in [0.1, 0.15) is 11.7 Å². The number of nitrogens with one attached hydrogen (secondary N) is 1. The van der Waals surface area contributed by atoms with Crippen LogP contribution in [-0.4, -0.2) is 49.8 Å². The Morgan fingerprint density at radius 1 is 1.43 bits per heavy atom. The van der Waals surface area contributed by atoms with Gasteiger partial charge in [-0.2, -0.15) is 0 Å². The van der Waals surface area contributed by atoms with Crippen LogP contribution in [0.15, 0.2) is 34.3 Å². The number of hydrogen-bond donors (Lipinski definition) is 3. The van der Waals surface area contributed by atoms with E-state index < -0.39 is 34.6 Å². The van der Waals surface area contributed by atoms with Crippen LogP contribution >= 0.6 is 0 Å². The van der Waals surface area contributed by atoms with Crippen LogP contribution in [0.25, 0.3) is 0 Å². The first-order chi connectivity index (χ1) is 9.79. The molecule has 1 amide bonds. The number of rotatable bonds is 6. The van der Waals surface area contributed by atoms with Gasteiger partial charge in [0.05, 0.1) is 10.9 Å². The lowest BCUT2D eigenvalue weighted by atomic mass is 10.0. The van der Waals surface area contributed by atoms with Crippen LogP contribution in [0.3, 0.4) is 0 Å². The quantitative estimate of drug-likeness (QED) is 0.389. The van der Waals surface area contributed by atoms with E-state index in [0.29, 0.717) is 6.21 Å². The summed E-state index contributed by atoms with van der Waals surface area (Å²) in [5.74, 6) is -0.869. The van der Waals surface area contributed by atoms with Gasteiger partial charge in [-0.05, 0) is 17.7 Å². The minimum Gasteiger partial charge on any atom is -0.411 e. The van der Waals surface area contributed by atoms with E-state index in [-0.39, 0.29) is 10.5 Å². The fourth-order valence-electron chi connectivity index (χ4n) is 1.62. The van der Waals surface area contributed by atoms with Gasteiger partial charge in [0.15, 0.2) is 9.84 Å². The summed E-state index contributed by atoms with van der Waals surface area (Å²) >= 11 is 0. The maximum Gasteiger partial charge on any atom is 0.266 e. The van der Waals surface area contributed by atoms with Gasteiger partial charge in [-0.25, -0.2) is 12.8 Å². The Bertz CT molecular complexity index is 615. The number of amides is 1. The smallest absolute Gasteiger partial charge is 0.266 e. The summed E-state index contributed by atoms with van der Waals surface area (Å²) in [4.78, 5) is 11.2. The molecule has 0 aliphatic heterocycles. The Morgan fingerprint density at radius 3 is 2.43 bits per heavy atom. The number of aliphatic hydroxyl groups excluding tert-OH is 1. The van der Waals surface area contributed by atoms with E-state index in [1.165, 1.54) is 24.3 Å². The van der Waals surface area contributed by atoms with Crippen LogP contribution in [0.2, 0.25) is 0 Å². The van der Waals surface area contributed by atoms with Gasteiger partial charge < -0.3 is 15.6 Å². The van der Waals surface area contributed by atoms with Crippen molar-refractivity contribution in [2.75, 3.05) is 12.9 Å². The van der Waals surface area contributed by atoms with E-state index in [1.54, 1.807) is 0 Å².